The van der Waals surface area contributed by atoms with Crippen molar-refractivity contribution in [3.05, 3.63) is 93.6 Å². The highest BCUT2D eigenvalue weighted by molar-refractivity contribution is 6.74. The summed E-state index contributed by atoms with van der Waals surface area (Å²) in [5, 5.41) is 37.7. The van der Waals surface area contributed by atoms with Crippen molar-refractivity contribution in [1.29, 1.82) is 0 Å². The van der Waals surface area contributed by atoms with Crippen molar-refractivity contribution in [1.82, 2.24) is 40.6 Å². The second kappa shape index (κ2) is 44.1. The van der Waals surface area contributed by atoms with Crippen molar-refractivity contribution in [3.63, 3.8) is 0 Å². The van der Waals surface area contributed by atoms with Crippen molar-refractivity contribution in [3.8, 4) is 17.2 Å². The van der Waals surface area contributed by atoms with E-state index in [0.717, 1.165) is 108 Å². The van der Waals surface area contributed by atoms with E-state index < -0.39 is 103 Å². The van der Waals surface area contributed by atoms with Gasteiger partial charge in [0.2, 0.25) is 22.0 Å². The average molecular weight is 2090 g/mol. The molecule has 28 atom stereocenters. The molecule has 0 spiro atoms. The molecule has 19 rings (SSSR count). The Kier molecular flexibility index (Phi) is 35.0. The van der Waals surface area contributed by atoms with E-state index in [2.05, 4.69) is 119 Å². The number of carboxylic acids is 1. The molecule has 42 nitrogen and oxygen atoms in total. The zero-order valence-corrected chi connectivity index (χ0v) is 92.1. The summed E-state index contributed by atoms with van der Waals surface area (Å²) in [4.78, 5) is 158. The number of methoxy groups -OCH3 is 6. The highest BCUT2D eigenvalue weighted by atomic mass is 28.4. The molecular weight excluding hydrogens is 1930 g/mol. The average Bonchev–Trinajstić information content (AvgIpc) is 1.53. The van der Waals surface area contributed by atoms with Gasteiger partial charge < -0.3 is 128 Å². The fourth-order valence-electron chi connectivity index (χ4n) is 22.0. The number of aliphatic hydroxyl groups is 1. The molecule has 0 unspecified atom stereocenters. The fourth-order valence-corrected chi connectivity index (χ4v) is 24.8. The number of nitrogens with two attached hydrogens (primary N) is 2. The zero-order valence-electron chi connectivity index (χ0n) is 90.1. The number of hydrogen-bond donors (Lipinski definition) is 9. The van der Waals surface area contributed by atoms with Crippen LogP contribution < -0.4 is 68.5 Å². The summed E-state index contributed by atoms with van der Waals surface area (Å²) in [6.45, 7) is 45.1. The van der Waals surface area contributed by atoms with E-state index in [1.165, 1.54) is 66.5 Å². The Balaban J connectivity index is 0.000000159. The molecule has 6 amide bonds. The fraction of sp³-hybridized carbons (Fsp3) is 0.755. The maximum absolute atomic E-state index is 12.6. The quantitative estimate of drug-likeness (QED) is 0.0161. The van der Waals surface area contributed by atoms with Crippen LogP contribution in [0.4, 0.5) is 19.2 Å². The van der Waals surface area contributed by atoms with E-state index in [1.807, 2.05) is 83.1 Å². The van der Waals surface area contributed by atoms with Crippen LogP contribution in [0.15, 0.2) is 42.6 Å². The first kappa shape index (κ1) is 116. The molecule has 0 bridgehead atoms. The van der Waals surface area contributed by atoms with E-state index in [1.54, 1.807) is 21.1 Å². The molecular formula is C102H159N13O29Si2. The molecule has 146 heavy (non-hydrogen) atoms. The number of aliphatic hydroxyl groups excluding tert-OH is 1. The second-order valence-electron chi connectivity index (χ2n) is 48.9. The number of fused-ring (bicyclic) bond motifs is 15. The Labute approximate surface area is 855 Å². The molecule has 3 aromatic heterocycles. The van der Waals surface area contributed by atoms with Crippen LogP contribution in [0.2, 0.25) is 36.3 Å². The number of rotatable bonds is 16. The summed E-state index contributed by atoms with van der Waals surface area (Å²) in [5.41, 5.74) is 16.2. The summed E-state index contributed by atoms with van der Waals surface area (Å²) in [5.74, 6) is 3.27. The van der Waals surface area contributed by atoms with Gasteiger partial charge >= 0.3 is 48.3 Å². The summed E-state index contributed by atoms with van der Waals surface area (Å²) in [6.07, 6.45) is 17.5. The number of azide groups is 1. The number of pyridine rings is 2. The molecule has 13 N–H and O–H groups in total. The van der Waals surface area contributed by atoms with Gasteiger partial charge in [-0.05, 0) is 298 Å². The molecule has 14 saturated carbocycles. The number of alkyl carbamates (subject to hydrolysis) is 4. The smallest absolute Gasteiger partial charge is 0.407 e. The number of esters is 3. The van der Waals surface area contributed by atoms with Crippen LogP contribution in [-0.4, -0.2) is 251 Å². The minimum atomic E-state index is -1.82. The molecule has 814 valence electrons. The number of carboxylic acid groups (broad SMARTS) is 1. The van der Waals surface area contributed by atoms with Gasteiger partial charge in [0.25, 0.3) is 17.6 Å². The third kappa shape index (κ3) is 26.9. The first-order valence-electron chi connectivity index (χ1n) is 50.7. The summed E-state index contributed by atoms with van der Waals surface area (Å²) in [6, 6.07) is 0.623. The number of amides is 6. The Morgan fingerprint density at radius 1 is 0.466 bits per heavy atom. The topological polar surface area (TPSA) is 592 Å². The largest absolute Gasteiger partial charge is 0.491 e. The lowest BCUT2D eigenvalue weighted by atomic mass is 9.99. The van der Waals surface area contributed by atoms with Gasteiger partial charge in [0.1, 0.15) is 45.4 Å². The summed E-state index contributed by atoms with van der Waals surface area (Å²) in [7, 11) is 5.55. The lowest BCUT2D eigenvalue weighted by molar-refractivity contribution is 0.0422. The molecule has 0 radical (unpaired) electrons. The van der Waals surface area contributed by atoms with Crippen LogP contribution in [0.25, 0.3) is 10.4 Å². The normalized spacial score (nSPS) is 31.3. The molecule has 0 saturated heterocycles. The molecule has 44 heteroatoms. The summed E-state index contributed by atoms with van der Waals surface area (Å²) >= 11 is 0. The number of hydrogen-bond acceptors (Lipinski definition) is 30. The minimum Gasteiger partial charge on any atom is -0.491 e. The van der Waals surface area contributed by atoms with Crippen molar-refractivity contribution < 1.29 is 124 Å². The van der Waals surface area contributed by atoms with Crippen LogP contribution in [0.5, 0.6) is 17.2 Å². The molecule has 5 heterocycles. The lowest BCUT2D eigenvalue weighted by Gasteiger charge is -2.40. The van der Waals surface area contributed by atoms with Crippen LogP contribution >= 0.6 is 0 Å². The van der Waals surface area contributed by atoms with Gasteiger partial charge in [0.15, 0.2) is 39.5 Å². The first-order valence-corrected chi connectivity index (χ1v) is 56.6. The van der Waals surface area contributed by atoms with Crippen molar-refractivity contribution in [2.75, 3.05) is 49.7 Å². The Morgan fingerprint density at radius 2 is 0.849 bits per heavy atom. The molecule has 2 aliphatic heterocycles. The lowest BCUT2D eigenvalue weighted by Crippen LogP contribution is -2.51. The van der Waals surface area contributed by atoms with Crippen molar-refractivity contribution in [2.45, 2.75) is 358 Å². The predicted molar refractivity (Wildman–Crippen MR) is 541 cm³/mol. The molecule has 3 aromatic rings. The van der Waals surface area contributed by atoms with Crippen molar-refractivity contribution >= 4 is 76.7 Å². The van der Waals surface area contributed by atoms with Gasteiger partial charge in [-0.25, -0.2) is 38.4 Å². The van der Waals surface area contributed by atoms with Gasteiger partial charge in [0.05, 0.1) is 103 Å². The van der Waals surface area contributed by atoms with E-state index in [4.69, 9.17) is 63.4 Å². The van der Waals surface area contributed by atoms with Crippen LogP contribution in [-0.2, 0) is 42.0 Å². The summed E-state index contributed by atoms with van der Waals surface area (Å²) < 4.78 is 70.7. The number of aromatic nitrogens is 2. The van der Waals surface area contributed by atoms with E-state index in [0.29, 0.717) is 76.4 Å². The van der Waals surface area contributed by atoms with Crippen LogP contribution in [0.1, 0.15) is 289 Å². The number of ether oxygens (including phenoxy) is 10. The SMILES string of the molecule is CC(C)(C)OC(=O)N[C@@H]1C[C@H]2C[C@H]2[C@@H]1N.CC(C)(C)OC(=O)N[C@@H]1C[C@H]2C[C@H]2[C@@H]1N=[N+]=[N-].CC(C)(C)OC(=O)N[C@@H]1C[C@H]2C[C@H]2[C@H]1O.CC(C)(C)OC(=O)N[C@@H]1C[C@H]2C[C@H]2[C@H]1O[Si](C)(C)C(C)(C)C.CC(C)(C)[Si](C)(C)O[C@@H]1[C@@H]2C[C@@H]2C[C@H]1N.COC(=O)c1cn2c(c(OC)c1=O)C(=O)N[C@@H]1C[C@H]3C[C@H]3[C@@H]12.COC(=O)c1occ(C(=O)OC)c(=O)c1OC.COc1c2n(cc(C(=O)O)c1=O)[C@H]1[C@@H]3C[C@@H]3C[C@H]1N(C)C2=O.O. The highest BCUT2D eigenvalue weighted by Crippen LogP contribution is 2.63. The Morgan fingerprint density at radius 3 is 1.32 bits per heavy atom. The van der Waals surface area contributed by atoms with Gasteiger partial charge in [-0.2, -0.15) is 0 Å². The van der Waals surface area contributed by atoms with Gasteiger partial charge in [-0.3, -0.25) is 24.0 Å². The number of likely N-dealkylation sites (N-methyl/N-ethyl adjacent to an activating group) is 1. The van der Waals surface area contributed by atoms with E-state index in [9.17, 15) is 72.5 Å². The van der Waals surface area contributed by atoms with Gasteiger partial charge in [0, 0.05) is 48.5 Å². The Hall–Kier alpha value is -10.3. The highest BCUT2D eigenvalue weighted by Gasteiger charge is 2.63. The van der Waals surface area contributed by atoms with E-state index >= 15 is 0 Å². The standard InChI is InChI=1S/C17H33NO3Si.2C15H16N2O5.C12H25NOSi.C11H18N4O2.C11H20N2O2.C11H19NO3.C10H10O7.H2O/c1-16(2,3)20-15(19)18-13-10-11-9-12(11)14(13)21-22(7,8)17(4,5)6;1-21-13-11-14(19)16-9-4-6-3-7(6)10(9)17(11)5-8(12(13)18)15(20)22-2;1-16-9-4-6-3-7(6)10(9)17-5-8(15(20)21)12(18)13(22-2)11(17)14(16)19;1-12(2,3)15(4,5)14-11-9-6-8(9)7-10(11)13;1-11(2,3)17-10(16)13-8-5-6-4-7(6)9(8)14-15-12;1-11(2,3)15-10(14)13-8-5-6-4-7(6)9(8)12;1-11(2,3)15-10(14)12-8-5-6-4-7(6)9(8)13;1-14-7-6(11)5(9(12)15-2)4-17-8(7)10(13)16-3;/h11-14H,9-10H2,1-8H3,(H,18,19);5-7,9-10H,3-4H2,1-2H3,(H,16,19);5-7,9-10H,3-4H2,1-2H3,(H,20,21);8-11H,6-7,13H2,1-5H3;6-9H,4-5H2,1-3H3,(H,13,16);6-9H,4-5,12H2,1-3H3,(H,13,14);6-9,13H,4-5H2,1-3H3,(H,12,14);4H,1-3H3;1H2/t11-,12-,13-,14-;2*6-,7-,9-,10+;8-,9-,10-,11-;2*6-,7-,8-,9+;6-,7-,8-,9-;;/m1111111../s1. The molecule has 14 aliphatic carbocycles. The molecule has 0 aromatic carbocycles. The minimum absolute atomic E-state index is 0. The molecule has 14 fully saturated rings. The van der Waals surface area contributed by atoms with Gasteiger partial charge in [-0.15, -0.1) is 0 Å². The molecule has 16 aliphatic rings. The zero-order chi connectivity index (χ0) is 108. The maximum atomic E-state index is 12.6. The monoisotopic (exact) mass is 2090 g/mol. The maximum Gasteiger partial charge on any atom is 0.407 e. The number of carbonyl (C=O) groups excluding carboxylic acids is 9. The van der Waals surface area contributed by atoms with Crippen LogP contribution in [0.3, 0.4) is 0 Å². The third-order valence-corrected chi connectivity index (χ3v) is 40.7. The predicted octanol–water partition coefficient (Wildman–Crippen LogP) is 12.5. The third-order valence-electron chi connectivity index (χ3n) is 31.8. The first-order chi connectivity index (χ1) is 67.2. The Bertz CT molecular complexity index is 5540. The van der Waals surface area contributed by atoms with E-state index in [-0.39, 0.29) is 147 Å². The number of carbonyl (C=O) groups is 10. The van der Waals surface area contributed by atoms with Gasteiger partial charge in [-0.1, -0.05) is 46.7 Å². The second-order valence-corrected chi connectivity index (χ2v) is 58.4. The van der Waals surface area contributed by atoms with Crippen molar-refractivity contribution in [2.24, 2.45) is 99.4 Å². The number of aromatic carboxylic acids is 1. The number of nitrogens with one attached hydrogen (secondary N) is 5. The van der Waals surface area contributed by atoms with Crippen LogP contribution in [0, 0.1) is 82.9 Å². The number of nitrogens with zero attached hydrogens (tertiary/aromatic N) is 6.